The van der Waals surface area contributed by atoms with E-state index in [9.17, 15) is 0 Å². The molecule has 3 nitrogen and oxygen atoms in total. The molecule has 0 amide bonds. The van der Waals surface area contributed by atoms with Crippen LogP contribution in [0.4, 0.5) is 0 Å². The van der Waals surface area contributed by atoms with Crippen LogP contribution in [0.5, 0.6) is 0 Å². The van der Waals surface area contributed by atoms with Crippen molar-refractivity contribution in [3.05, 3.63) is 53.9 Å². The van der Waals surface area contributed by atoms with Crippen molar-refractivity contribution in [2.45, 2.75) is 38.3 Å². The summed E-state index contributed by atoms with van der Waals surface area (Å²) in [6, 6.07) is 11.7. The molecule has 1 saturated carbocycles. The summed E-state index contributed by atoms with van der Waals surface area (Å²) in [4.78, 5) is 0. The van der Waals surface area contributed by atoms with E-state index in [2.05, 4.69) is 34.7 Å². The molecule has 1 aromatic carbocycles. The van der Waals surface area contributed by atoms with Crippen LogP contribution in [-0.4, -0.2) is 22.4 Å². The number of fused-ring (bicyclic) bond motifs is 3. The van der Waals surface area contributed by atoms with Gasteiger partial charge in [0.05, 0.1) is 6.54 Å². The standard InChI is InChI=1S/C18H23N3/c1-2-5-15-13-17-7-6-16(12-14(15)4-1)18(17)19-9-11-21-10-3-8-20-21/h1-5,8,10,16-19H,6-7,9,11-13H2. The van der Waals surface area contributed by atoms with Gasteiger partial charge in [-0.25, -0.2) is 0 Å². The summed E-state index contributed by atoms with van der Waals surface area (Å²) in [7, 11) is 0. The second-order valence-corrected chi connectivity index (χ2v) is 6.52. The Hall–Kier alpha value is -1.61. The van der Waals surface area contributed by atoms with Crippen molar-refractivity contribution < 1.29 is 0 Å². The molecular formula is C18H23N3. The fraction of sp³-hybridized carbons (Fsp3) is 0.500. The Bertz CT molecular complexity index is 557. The minimum Gasteiger partial charge on any atom is -0.312 e. The maximum Gasteiger partial charge on any atom is 0.0534 e. The molecule has 0 saturated heterocycles. The van der Waals surface area contributed by atoms with Crippen molar-refractivity contribution in [1.82, 2.24) is 15.1 Å². The summed E-state index contributed by atoms with van der Waals surface area (Å²) in [6.45, 7) is 1.99. The molecule has 1 fully saturated rings. The Labute approximate surface area is 126 Å². The number of nitrogens with one attached hydrogen (secondary N) is 1. The van der Waals surface area contributed by atoms with Crippen molar-refractivity contribution in [2.75, 3.05) is 6.54 Å². The van der Waals surface area contributed by atoms with Crippen LogP contribution in [0.2, 0.25) is 0 Å². The molecule has 2 aliphatic rings. The quantitative estimate of drug-likeness (QED) is 0.934. The van der Waals surface area contributed by atoms with Gasteiger partial charge in [0.25, 0.3) is 0 Å². The average molecular weight is 281 g/mol. The van der Waals surface area contributed by atoms with Gasteiger partial charge in [-0.15, -0.1) is 0 Å². The van der Waals surface area contributed by atoms with E-state index >= 15 is 0 Å². The second kappa shape index (κ2) is 5.64. The lowest BCUT2D eigenvalue weighted by Crippen LogP contribution is -2.39. The molecule has 2 unspecified atom stereocenters. The molecule has 0 radical (unpaired) electrons. The first-order chi connectivity index (χ1) is 10.4. The SMILES string of the molecule is c1ccc2c(c1)CC1CCC(C2)C1NCCn1cccn1. The maximum atomic E-state index is 4.28. The highest BCUT2D eigenvalue weighted by Gasteiger charge is 2.38. The molecule has 2 atom stereocenters. The number of benzene rings is 1. The average Bonchev–Trinajstić information content (AvgIpc) is 3.08. The Balaban J connectivity index is 1.43. The molecule has 0 spiro atoms. The van der Waals surface area contributed by atoms with E-state index in [0.29, 0.717) is 6.04 Å². The van der Waals surface area contributed by atoms with Crippen LogP contribution in [0.25, 0.3) is 0 Å². The molecule has 1 N–H and O–H groups in total. The second-order valence-electron chi connectivity index (χ2n) is 6.52. The predicted molar refractivity (Wildman–Crippen MR) is 84.1 cm³/mol. The highest BCUT2D eigenvalue weighted by Crippen LogP contribution is 2.39. The largest absolute Gasteiger partial charge is 0.312 e. The molecule has 2 aromatic rings. The van der Waals surface area contributed by atoms with E-state index in [1.807, 2.05) is 23.1 Å². The monoisotopic (exact) mass is 281 g/mol. The number of aromatic nitrogens is 2. The number of rotatable bonds is 4. The fourth-order valence-corrected chi connectivity index (χ4v) is 4.26. The van der Waals surface area contributed by atoms with Gasteiger partial charge in [-0.1, -0.05) is 24.3 Å². The van der Waals surface area contributed by atoms with Gasteiger partial charge in [-0.05, 0) is 54.7 Å². The lowest BCUT2D eigenvalue weighted by molar-refractivity contribution is 0.334. The van der Waals surface area contributed by atoms with Crippen LogP contribution in [0.15, 0.2) is 42.7 Å². The summed E-state index contributed by atoms with van der Waals surface area (Å²) < 4.78 is 2.01. The first-order valence-corrected chi connectivity index (χ1v) is 8.18. The molecule has 1 aromatic heterocycles. The zero-order chi connectivity index (χ0) is 14.1. The zero-order valence-corrected chi connectivity index (χ0v) is 12.4. The molecule has 4 rings (SSSR count). The third-order valence-corrected chi connectivity index (χ3v) is 5.29. The summed E-state index contributed by atoms with van der Waals surface area (Å²) in [5, 5.41) is 8.12. The van der Waals surface area contributed by atoms with Crippen molar-refractivity contribution in [3.8, 4) is 0 Å². The number of nitrogens with zero attached hydrogens (tertiary/aromatic N) is 2. The van der Waals surface area contributed by atoms with E-state index in [-0.39, 0.29) is 0 Å². The molecule has 110 valence electrons. The van der Waals surface area contributed by atoms with Crippen LogP contribution < -0.4 is 5.32 Å². The van der Waals surface area contributed by atoms with Crippen LogP contribution in [0.3, 0.4) is 0 Å². The molecule has 2 aliphatic carbocycles. The van der Waals surface area contributed by atoms with Crippen LogP contribution >= 0.6 is 0 Å². The van der Waals surface area contributed by atoms with Crippen LogP contribution in [-0.2, 0) is 19.4 Å². The third kappa shape index (κ3) is 2.62. The van der Waals surface area contributed by atoms with Gasteiger partial charge in [-0.3, -0.25) is 4.68 Å². The summed E-state index contributed by atoms with van der Waals surface area (Å²) >= 11 is 0. The van der Waals surface area contributed by atoms with E-state index in [1.165, 1.54) is 25.7 Å². The minimum atomic E-state index is 0.688. The summed E-state index contributed by atoms with van der Waals surface area (Å²) in [5.41, 5.74) is 3.17. The normalized spacial score (nSPS) is 27.3. The van der Waals surface area contributed by atoms with Gasteiger partial charge in [0.2, 0.25) is 0 Å². The Morgan fingerprint density at radius 3 is 2.38 bits per heavy atom. The Morgan fingerprint density at radius 1 is 1.05 bits per heavy atom. The van der Waals surface area contributed by atoms with Gasteiger partial charge < -0.3 is 5.32 Å². The molecule has 21 heavy (non-hydrogen) atoms. The zero-order valence-electron chi connectivity index (χ0n) is 12.4. The van der Waals surface area contributed by atoms with E-state index in [1.54, 1.807) is 11.1 Å². The topological polar surface area (TPSA) is 29.9 Å². The molecule has 0 aliphatic heterocycles. The summed E-state index contributed by atoms with van der Waals surface area (Å²) in [5.74, 6) is 1.63. The van der Waals surface area contributed by atoms with Crippen molar-refractivity contribution in [1.29, 1.82) is 0 Å². The van der Waals surface area contributed by atoms with Gasteiger partial charge in [-0.2, -0.15) is 5.10 Å². The lowest BCUT2D eigenvalue weighted by atomic mass is 9.94. The first-order valence-electron chi connectivity index (χ1n) is 8.18. The Kier molecular flexibility index (Phi) is 3.52. The maximum absolute atomic E-state index is 4.28. The highest BCUT2D eigenvalue weighted by molar-refractivity contribution is 5.30. The van der Waals surface area contributed by atoms with Gasteiger partial charge >= 0.3 is 0 Å². The Morgan fingerprint density at radius 2 is 1.76 bits per heavy atom. The van der Waals surface area contributed by atoms with E-state index in [4.69, 9.17) is 0 Å². The van der Waals surface area contributed by atoms with Crippen LogP contribution in [0, 0.1) is 11.8 Å². The number of hydrogen-bond donors (Lipinski definition) is 1. The lowest BCUT2D eigenvalue weighted by Gasteiger charge is -2.23. The minimum absolute atomic E-state index is 0.688. The van der Waals surface area contributed by atoms with Crippen molar-refractivity contribution >= 4 is 0 Å². The molecule has 3 heteroatoms. The third-order valence-electron chi connectivity index (χ3n) is 5.29. The molecule has 1 heterocycles. The molecular weight excluding hydrogens is 258 g/mol. The fourth-order valence-electron chi connectivity index (χ4n) is 4.26. The van der Waals surface area contributed by atoms with E-state index < -0.39 is 0 Å². The molecule has 2 bridgehead atoms. The van der Waals surface area contributed by atoms with Gasteiger partial charge in [0, 0.05) is 25.0 Å². The highest BCUT2D eigenvalue weighted by atomic mass is 15.3. The smallest absolute Gasteiger partial charge is 0.0534 e. The number of hydrogen-bond acceptors (Lipinski definition) is 2. The van der Waals surface area contributed by atoms with Gasteiger partial charge in [0.1, 0.15) is 0 Å². The van der Waals surface area contributed by atoms with Crippen molar-refractivity contribution in [2.24, 2.45) is 11.8 Å². The van der Waals surface area contributed by atoms with Gasteiger partial charge in [0.15, 0.2) is 0 Å². The predicted octanol–water partition coefficient (Wildman–Crippen LogP) is 2.67. The van der Waals surface area contributed by atoms with Crippen molar-refractivity contribution in [3.63, 3.8) is 0 Å². The van der Waals surface area contributed by atoms with Crippen LogP contribution in [0.1, 0.15) is 24.0 Å². The first kappa shape index (κ1) is 13.1. The van der Waals surface area contributed by atoms with E-state index in [0.717, 1.165) is 24.9 Å². The summed E-state index contributed by atoms with van der Waals surface area (Å²) in [6.07, 6.45) is 9.18.